The van der Waals surface area contributed by atoms with E-state index in [1.165, 1.54) is 51.0 Å². The van der Waals surface area contributed by atoms with Crippen molar-refractivity contribution in [3.8, 4) is 0 Å². The molecule has 268 valence electrons. The molecule has 48 heavy (non-hydrogen) atoms. The van der Waals surface area contributed by atoms with E-state index in [4.69, 9.17) is 18.9 Å². The number of aliphatic hydroxyl groups is 1. The van der Waals surface area contributed by atoms with Crippen LogP contribution in [0.15, 0.2) is 30.3 Å². The minimum atomic E-state index is -1.14. The molecule has 8 rings (SSSR count). The van der Waals surface area contributed by atoms with Crippen LogP contribution in [0.1, 0.15) is 113 Å². The molecule has 7 heteroatoms. The Kier molecular flexibility index (Phi) is 8.24. The van der Waals surface area contributed by atoms with Crippen molar-refractivity contribution in [1.82, 2.24) is 4.90 Å². The summed E-state index contributed by atoms with van der Waals surface area (Å²) in [4.78, 5) is 14.5. The molecule has 0 radical (unpaired) electrons. The van der Waals surface area contributed by atoms with Crippen molar-refractivity contribution in [2.75, 3.05) is 19.7 Å². The van der Waals surface area contributed by atoms with Gasteiger partial charge in [0.2, 0.25) is 0 Å². The number of morpholine rings is 1. The van der Waals surface area contributed by atoms with Gasteiger partial charge in [-0.25, -0.2) is 0 Å². The number of carbonyl (C=O) groups excluding carboxylic acids is 1. The number of esters is 1. The van der Waals surface area contributed by atoms with Crippen molar-refractivity contribution in [3.05, 3.63) is 35.9 Å². The van der Waals surface area contributed by atoms with E-state index >= 15 is 0 Å². The third kappa shape index (κ3) is 5.26. The lowest BCUT2D eigenvalue weighted by Crippen LogP contribution is -2.56. The van der Waals surface area contributed by atoms with Gasteiger partial charge in [0.25, 0.3) is 0 Å². The van der Waals surface area contributed by atoms with E-state index in [0.29, 0.717) is 34.0 Å². The Morgan fingerprint density at radius 3 is 2.54 bits per heavy atom. The third-order valence-electron chi connectivity index (χ3n) is 15.6. The summed E-state index contributed by atoms with van der Waals surface area (Å²) in [7, 11) is 0. The van der Waals surface area contributed by atoms with E-state index < -0.39 is 11.7 Å². The number of hydrogen-bond acceptors (Lipinski definition) is 7. The first kappa shape index (κ1) is 33.6. The zero-order valence-corrected chi connectivity index (χ0v) is 30.4. The van der Waals surface area contributed by atoms with Gasteiger partial charge in [-0.1, -0.05) is 51.1 Å². The highest BCUT2D eigenvalue weighted by atomic mass is 16.7. The maximum atomic E-state index is 12.0. The van der Waals surface area contributed by atoms with Crippen LogP contribution in [0, 0.1) is 45.3 Å². The van der Waals surface area contributed by atoms with Crippen molar-refractivity contribution in [2.24, 2.45) is 45.3 Å². The van der Waals surface area contributed by atoms with Crippen LogP contribution in [0.25, 0.3) is 0 Å². The van der Waals surface area contributed by atoms with Crippen LogP contribution in [-0.2, 0) is 30.3 Å². The maximum absolute atomic E-state index is 12.0. The lowest BCUT2D eigenvalue weighted by Gasteiger charge is -2.60. The standard InChI is InChI=1S/C41H61NO6.H2/c1-26(43)46-36(38(4,5)44)31-14-12-29-32(47-31)22-30-28-13-15-33-37(2,3)34(16-17-41(33)25-40(28,41)19-18-39(29,30)6)48-35-24-42(20-21-45-35)23-27-10-8-7-9-11-27;/h7-11,28-36,44H,12-25H2,1-6H3;1H/t28?,29?,30?,31?,32?,33?,34-,35?,36-,39?,40?,41+;/m0./s1. The van der Waals surface area contributed by atoms with Crippen LogP contribution in [0.3, 0.4) is 0 Å². The number of fused-ring (bicyclic) bond motifs is 4. The van der Waals surface area contributed by atoms with Gasteiger partial charge in [0.05, 0.1) is 30.5 Å². The molecule has 0 amide bonds. The van der Waals surface area contributed by atoms with Crippen molar-refractivity contribution >= 4 is 5.97 Å². The molecule has 2 spiro atoms. The van der Waals surface area contributed by atoms with Crippen LogP contribution in [0.2, 0.25) is 0 Å². The summed E-state index contributed by atoms with van der Waals surface area (Å²) in [6.07, 6.45) is 11.6. The van der Waals surface area contributed by atoms with Gasteiger partial charge < -0.3 is 24.1 Å². The first-order valence-electron chi connectivity index (χ1n) is 19.4. The molecule has 7 aliphatic rings. The molecule has 5 saturated carbocycles. The van der Waals surface area contributed by atoms with Crippen LogP contribution in [0.4, 0.5) is 0 Å². The predicted octanol–water partition coefficient (Wildman–Crippen LogP) is 7.39. The largest absolute Gasteiger partial charge is 0.457 e. The van der Waals surface area contributed by atoms with E-state index in [-0.39, 0.29) is 37.4 Å². The molecule has 1 aromatic rings. The molecule has 0 bridgehead atoms. The molecule has 0 aromatic heterocycles. The second-order valence-electron chi connectivity index (χ2n) is 18.7. The summed E-state index contributed by atoms with van der Waals surface area (Å²) in [5.41, 5.74) is 1.60. The summed E-state index contributed by atoms with van der Waals surface area (Å²) in [5.74, 6) is 2.38. The second-order valence-corrected chi connectivity index (χ2v) is 18.7. The van der Waals surface area contributed by atoms with Gasteiger partial charge in [-0.05, 0) is 129 Å². The number of nitrogens with zero attached hydrogens (tertiary/aromatic N) is 1. The van der Waals surface area contributed by atoms with Gasteiger partial charge in [-0.3, -0.25) is 9.69 Å². The van der Waals surface area contributed by atoms with Gasteiger partial charge in [0.15, 0.2) is 12.4 Å². The second kappa shape index (κ2) is 11.8. The number of rotatable bonds is 7. The highest BCUT2D eigenvalue weighted by Crippen LogP contribution is 2.87. The van der Waals surface area contributed by atoms with Crippen molar-refractivity contribution in [1.29, 1.82) is 0 Å². The Bertz CT molecular complexity index is 1370. The van der Waals surface area contributed by atoms with Crippen molar-refractivity contribution < 1.29 is 30.3 Å². The van der Waals surface area contributed by atoms with E-state index in [0.717, 1.165) is 57.8 Å². The SMILES string of the molecule is CC(=O)O[C@@H](C1CCC2C(CC3C4CCC5C(C)(C)[C@@H](OC6CN(Cc7ccccc7)CCO6)CC[C@@]56CC46CCC23C)O1)C(C)(C)O.[HH]. The zero-order chi connectivity index (χ0) is 33.7. The van der Waals surface area contributed by atoms with E-state index in [1.54, 1.807) is 13.8 Å². The molecule has 12 atom stereocenters. The minimum Gasteiger partial charge on any atom is -0.457 e. The van der Waals surface area contributed by atoms with Crippen molar-refractivity contribution in [3.63, 3.8) is 0 Å². The fourth-order valence-electron chi connectivity index (χ4n) is 13.5. The number of benzene rings is 1. The monoisotopic (exact) mass is 665 g/mol. The fourth-order valence-corrected chi connectivity index (χ4v) is 13.5. The van der Waals surface area contributed by atoms with Gasteiger partial charge in [-0.15, -0.1) is 0 Å². The number of carbonyl (C=O) groups is 1. The van der Waals surface area contributed by atoms with E-state index in [9.17, 15) is 9.90 Å². The smallest absolute Gasteiger partial charge is 0.303 e. The van der Waals surface area contributed by atoms with Crippen molar-refractivity contribution in [2.45, 2.75) is 149 Å². The van der Waals surface area contributed by atoms with Gasteiger partial charge in [0, 0.05) is 28.0 Å². The quantitative estimate of drug-likeness (QED) is 0.305. The summed E-state index contributed by atoms with van der Waals surface area (Å²) in [5, 5.41) is 10.9. The molecule has 7 nitrogen and oxygen atoms in total. The Morgan fingerprint density at radius 1 is 1.02 bits per heavy atom. The molecule has 1 N–H and O–H groups in total. The van der Waals surface area contributed by atoms with Gasteiger partial charge in [0.1, 0.15) is 0 Å². The molecule has 5 aliphatic carbocycles. The zero-order valence-electron chi connectivity index (χ0n) is 30.4. The molecule has 9 unspecified atom stereocenters. The van der Waals surface area contributed by atoms with Gasteiger partial charge >= 0.3 is 5.97 Å². The van der Waals surface area contributed by atoms with Crippen LogP contribution >= 0.6 is 0 Å². The summed E-state index contributed by atoms with van der Waals surface area (Å²) in [6, 6.07) is 10.8. The lowest BCUT2D eigenvalue weighted by atomic mass is 9.46. The van der Waals surface area contributed by atoms with E-state index in [2.05, 4.69) is 56.0 Å². The lowest BCUT2D eigenvalue weighted by molar-refractivity contribution is -0.245. The normalized spacial score (nSPS) is 45.5. The van der Waals surface area contributed by atoms with Crippen LogP contribution in [-0.4, -0.2) is 72.0 Å². The number of hydrogen-bond donors (Lipinski definition) is 1. The maximum Gasteiger partial charge on any atom is 0.303 e. The third-order valence-corrected chi connectivity index (χ3v) is 15.6. The molecule has 1 aromatic carbocycles. The first-order valence-corrected chi connectivity index (χ1v) is 19.4. The van der Waals surface area contributed by atoms with E-state index in [1.807, 2.05) is 0 Å². The Hall–Kier alpha value is -1.51. The molecule has 2 saturated heterocycles. The molecule has 7 fully saturated rings. The molecular formula is C41H63NO6. The first-order chi connectivity index (χ1) is 22.8. The van der Waals surface area contributed by atoms with Crippen LogP contribution in [0.5, 0.6) is 0 Å². The van der Waals surface area contributed by atoms with Gasteiger partial charge in [-0.2, -0.15) is 0 Å². The highest BCUT2D eigenvalue weighted by molar-refractivity contribution is 5.66. The minimum absolute atomic E-state index is 0. The molecular weight excluding hydrogens is 602 g/mol. The number of ether oxygens (including phenoxy) is 4. The Labute approximate surface area is 290 Å². The summed E-state index contributed by atoms with van der Waals surface area (Å²) < 4.78 is 25.8. The molecule has 2 aliphatic heterocycles. The van der Waals surface area contributed by atoms with Crippen LogP contribution < -0.4 is 0 Å². The summed E-state index contributed by atoms with van der Waals surface area (Å²) in [6.45, 7) is 16.0. The highest BCUT2D eigenvalue weighted by Gasteiger charge is 2.80. The Balaban J connectivity index is 0.00000378. The average Bonchev–Trinajstić information content (AvgIpc) is 3.61. The summed E-state index contributed by atoms with van der Waals surface area (Å²) >= 11 is 0. The Morgan fingerprint density at radius 2 is 1.79 bits per heavy atom. The fraction of sp³-hybridized carbons (Fsp3) is 0.829. The average molecular weight is 666 g/mol. The molecule has 2 heterocycles. The topological polar surface area (TPSA) is 77.5 Å². The predicted molar refractivity (Wildman–Crippen MR) is 186 cm³/mol.